The Kier molecular flexibility index (Phi) is 1.57. The van der Waals surface area contributed by atoms with Gasteiger partial charge in [0.15, 0.2) is 5.78 Å². The number of Topliss-reactive ketones (excluding diaryl/α,β-unsaturated/α-hetero) is 1. The molecule has 1 saturated carbocycles. The Labute approximate surface area is 70.6 Å². The van der Waals surface area contributed by atoms with Gasteiger partial charge in [0, 0.05) is 17.7 Å². The number of nitrogens with two attached hydrogens (primary N) is 1. The minimum Gasteiger partial charge on any atom is -0.384 e. The number of nitrogens with zero attached hydrogens (tertiary/aromatic N) is 1. The number of anilines is 1. The lowest BCUT2D eigenvalue weighted by molar-refractivity contribution is 0.0967. The molecule has 12 heavy (non-hydrogen) atoms. The second-order valence-corrected chi connectivity index (χ2v) is 3.11. The van der Waals surface area contributed by atoms with Crippen molar-refractivity contribution in [3.05, 3.63) is 23.9 Å². The highest BCUT2D eigenvalue weighted by Gasteiger charge is 2.30. The average Bonchev–Trinajstić information content (AvgIpc) is 2.87. The summed E-state index contributed by atoms with van der Waals surface area (Å²) in [5.74, 6) is 0.931. The summed E-state index contributed by atoms with van der Waals surface area (Å²) in [5, 5.41) is 0. The highest BCUT2D eigenvalue weighted by atomic mass is 16.1. The van der Waals surface area contributed by atoms with Crippen LogP contribution in [0.2, 0.25) is 0 Å². The van der Waals surface area contributed by atoms with E-state index in [0.717, 1.165) is 12.8 Å². The molecule has 0 spiro atoms. The van der Waals surface area contributed by atoms with Crippen LogP contribution in [0.1, 0.15) is 23.2 Å². The van der Waals surface area contributed by atoms with Gasteiger partial charge in [-0.2, -0.15) is 0 Å². The molecule has 62 valence electrons. The topological polar surface area (TPSA) is 56.0 Å². The Bertz CT molecular complexity index is 301. The number of rotatable bonds is 2. The van der Waals surface area contributed by atoms with Crippen molar-refractivity contribution in [3.63, 3.8) is 0 Å². The van der Waals surface area contributed by atoms with Crippen molar-refractivity contribution in [1.82, 2.24) is 4.98 Å². The van der Waals surface area contributed by atoms with Crippen molar-refractivity contribution in [1.29, 1.82) is 0 Å². The molecule has 0 aromatic carbocycles. The van der Waals surface area contributed by atoms with Crippen molar-refractivity contribution in [3.8, 4) is 0 Å². The van der Waals surface area contributed by atoms with Gasteiger partial charge in [0.1, 0.15) is 5.82 Å². The van der Waals surface area contributed by atoms with E-state index in [1.54, 1.807) is 18.3 Å². The van der Waals surface area contributed by atoms with Crippen LogP contribution >= 0.6 is 0 Å². The summed E-state index contributed by atoms with van der Waals surface area (Å²) in [5.41, 5.74) is 6.08. The van der Waals surface area contributed by atoms with Gasteiger partial charge >= 0.3 is 0 Å². The highest BCUT2D eigenvalue weighted by Crippen LogP contribution is 2.32. The molecule has 1 aliphatic rings. The van der Waals surface area contributed by atoms with Gasteiger partial charge in [0.25, 0.3) is 0 Å². The summed E-state index contributed by atoms with van der Waals surface area (Å²) in [7, 11) is 0. The van der Waals surface area contributed by atoms with E-state index in [9.17, 15) is 4.79 Å². The Morgan fingerprint density at radius 2 is 2.25 bits per heavy atom. The molecule has 0 aliphatic heterocycles. The lowest BCUT2D eigenvalue weighted by Gasteiger charge is -1.97. The minimum absolute atomic E-state index is 0.211. The van der Waals surface area contributed by atoms with Crippen LogP contribution in [0.15, 0.2) is 18.3 Å². The predicted molar refractivity (Wildman–Crippen MR) is 45.7 cm³/mol. The van der Waals surface area contributed by atoms with Crippen molar-refractivity contribution >= 4 is 11.6 Å². The fourth-order valence-corrected chi connectivity index (χ4v) is 1.13. The molecule has 0 amide bonds. The predicted octanol–water partition coefficient (Wildman–Crippen LogP) is 1.26. The first-order valence-electron chi connectivity index (χ1n) is 4.03. The minimum atomic E-state index is 0.211. The van der Waals surface area contributed by atoms with Gasteiger partial charge < -0.3 is 5.73 Å². The van der Waals surface area contributed by atoms with Crippen LogP contribution in [0.3, 0.4) is 0 Å². The summed E-state index contributed by atoms with van der Waals surface area (Å²) in [6.07, 6.45) is 3.61. The molecule has 3 heteroatoms. The summed E-state index contributed by atoms with van der Waals surface area (Å²) < 4.78 is 0. The highest BCUT2D eigenvalue weighted by molar-refractivity contribution is 5.99. The third kappa shape index (κ3) is 1.30. The number of hydrogen-bond acceptors (Lipinski definition) is 3. The van der Waals surface area contributed by atoms with Crippen molar-refractivity contribution in [2.45, 2.75) is 12.8 Å². The fraction of sp³-hybridized carbons (Fsp3) is 0.333. The molecule has 0 atom stereocenters. The summed E-state index contributed by atoms with van der Waals surface area (Å²) in [4.78, 5) is 15.3. The number of ketones is 1. The van der Waals surface area contributed by atoms with Gasteiger partial charge in [-0.15, -0.1) is 0 Å². The van der Waals surface area contributed by atoms with E-state index in [1.807, 2.05) is 0 Å². The third-order valence-electron chi connectivity index (χ3n) is 2.02. The number of hydrogen-bond donors (Lipinski definition) is 1. The Hall–Kier alpha value is -1.38. The number of pyridine rings is 1. The van der Waals surface area contributed by atoms with Crippen LogP contribution < -0.4 is 5.73 Å². The second kappa shape index (κ2) is 2.59. The molecular weight excluding hydrogens is 152 g/mol. The van der Waals surface area contributed by atoms with Crippen LogP contribution in [-0.2, 0) is 0 Å². The Morgan fingerprint density at radius 3 is 2.75 bits per heavy atom. The van der Waals surface area contributed by atoms with Gasteiger partial charge in [-0.05, 0) is 25.0 Å². The molecule has 0 saturated heterocycles. The molecule has 0 radical (unpaired) electrons. The molecule has 2 N–H and O–H groups in total. The van der Waals surface area contributed by atoms with Gasteiger partial charge in [-0.25, -0.2) is 4.98 Å². The monoisotopic (exact) mass is 162 g/mol. The average molecular weight is 162 g/mol. The first-order chi connectivity index (χ1) is 5.77. The smallest absolute Gasteiger partial charge is 0.167 e. The lowest BCUT2D eigenvalue weighted by atomic mass is 10.1. The quantitative estimate of drug-likeness (QED) is 0.666. The lowest BCUT2D eigenvalue weighted by Crippen LogP contribution is -2.02. The molecule has 0 unspecified atom stereocenters. The normalized spacial score (nSPS) is 16.0. The van der Waals surface area contributed by atoms with Crippen LogP contribution in [0, 0.1) is 5.92 Å². The maximum atomic E-state index is 11.4. The number of aromatic nitrogens is 1. The van der Waals surface area contributed by atoms with Gasteiger partial charge in [-0.3, -0.25) is 4.79 Å². The van der Waals surface area contributed by atoms with E-state index >= 15 is 0 Å². The molecule has 1 heterocycles. The van der Waals surface area contributed by atoms with Crippen LogP contribution in [0.25, 0.3) is 0 Å². The summed E-state index contributed by atoms with van der Waals surface area (Å²) >= 11 is 0. The third-order valence-corrected chi connectivity index (χ3v) is 2.02. The zero-order valence-electron chi connectivity index (χ0n) is 6.66. The summed E-state index contributed by atoms with van der Waals surface area (Å²) in [6, 6.07) is 3.40. The van der Waals surface area contributed by atoms with E-state index in [-0.39, 0.29) is 11.7 Å². The van der Waals surface area contributed by atoms with Crippen molar-refractivity contribution in [2.75, 3.05) is 5.73 Å². The maximum absolute atomic E-state index is 11.4. The van der Waals surface area contributed by atoms with Gasteiger partial charge in [0.2, 0.25) is 0 Å². The van der Waals surface area contributed by atoms with E-state index in [0.29, 0.717) is 11.4 Å². The SMILES string of the molecule is Nc1ccc(C(=O)C2CC2)cn1. The van der Waals surface area contributed by atoms with Gasteiger partial charge in [0.05, 0.1) is 0 Å². The number of carbonyl (C=O) groups is 1. The molecule has 1 aliphatic carbocycles. The van der Waals surface area contributed by atoms with E-state index in [1.165, 1.54) is 0 Å². The molecule has 1 fully saturated rings. The Balaban J connectivity index is 2.22. The maximum Gasteiger partial charge on any atom is 0.167 e. The molecule has 0 bridgehead atoms. The summed E-state index contributed by atoms with van der Waals surface area (Å²) in [6.45, 7) is 0. The van der Waals surface area contributed by atoms with E-state index < -0.39 is 0 Å². The van der Waals surface area contributed by atoms with E-state index in [2.05, 4.69) is 4.98 Å². The fourth-order valence-electron chi connectivity index (χ4n) is 1.13. The number of nitrogen functional groups attached to an aromatic ring is 1. The van der Waals surface area contributed by atoms with Crippen LogP contribution in [-0.4, -0.2) is 10.8 Å². The molecule has 3 nitrogen and oxygen atoms in total. The van der Waals surface area contributed by atoms with E-state index in [4.69, 9.17) is 5.73 Å². The standard InChI is InChI=1S/C9H10N2O/c10-8-4-3-7(5-11-8)9(12)6-1-2-6/h3-6H,1-2H2,(H2,10,11). The second-order valence-electron chi connectivity index (χ2n) is 3.11. The largest absolute Gasteiger partial charge is 0.384 e. The zero-order valence-corrected chi connectivity index (χ0v) is 6.66. The van der Waals surface area contributed by atoms with Crippen LogP contribution in [0.5, 0.6) is 0 Å². The first-order valence-corrected chi connectivity index (χ1v) is 4.03. The van der Waals surface area contributed by atoms with Crippen molar-refractivity contribution in [2.24, 2.45) is 5.92 Å². The van der Waals surface area contributed by atoms with Gasteiger partial charge in [-0.1, -0.05) is 0 Å². The Morgan fingerprint density at radius 1 is 1.50 bits per heavy atom. The molecule has 2 rings (SSSR count). The molecular formula is C9H10N2O. The van der Waals surface area contributed by atoms with Crippen molar-refractivity contribution < 1.29 is 4.79 Å². The zero-order chi connectivity index (χ0) is 8.55. The molecule has 1 aromatic rings. The van der Waals surface area contributed by atoms with Crippen LogP contribution in [0.4, 0.5) is 5.82 Å². The number of carbonyl (C=O) groups excluding carboxylic acids is 1. The molecule has 1 aromatic heterocycles. The first kappa shape index (κ1) is 7.28.